The maximum Gasteiger partial charge on any atom is 0.293 e. The summed E-state index contributed by atoms with van der Waals surface area (Å²) < 4.78 is 0. The van der Waals surface area contributed by atoms with Crippen molar-refractivity contribution in [2.75, 3.05) is 0 Å². The zero-order chi connectivity index (χ0) is 12.1. The number of carbonyl (C=O) groups excluding carboxylic acids is 2. The number of carbonyl (C=O) groups is 2. The Labute approximate surface area is 102 Å². The Morgan fingerprint density at radius 2 is 2.00 bits per heavy atom. The van der Waals surface area contributed by atoms with Gasteiger partial charge in [0.15, 0.2) is 0 Å². The Kier molecular flexibility index (Phi) is 3.62. The second-order valence-corrected chi connectivity index (χ2v) is 4.29. The van der Waals surface area contributed by atoms with Crippen LogP contribution in [-0.2, 0) is 11.3 Å². The van der Waals surface area contributed by atoms with Gasteiger partial charge in [0.05, 0.1) is 4.88 Å². The van der Waals surface area contributed by atoms with Gasteiger partial charge in [0.2, 0.25) is 0 Å². The Hall–Kier alpha value is -2.01. The topological polar surface area (TPSA) is 59.1 Å². The van der Waals surface area contributed by atoms with E-state index in [9.17, 15) is 9.59 Å². The van der Waals surface area contributed by atoms with Crippen LogP contribution in [0.4, 0.5) is 0 Å². The molecule has 0 aromatic carbocycles. The van der Waals surface area contributed by atoms with Gasteiger partial charge in [-0.1, -0.05) is 6.07 Å². The first-order valence-corrected chi connectivity index (χ1v) is 5.90. The molecule has 0 saturated carbocycles. The molecule has 17 heavy (non-hydrogen) atoms. The Bertz CT molecular complexity index is 509. The van der Waals surface area contributed by atoms with Gasteiger partial charge in [-0.3, -0.25) is 14.6 Å². The van der Waals surface area contributed by atoms with Crippen molar-refractivity contribution in [2.24, 2.45) is 0 Å². The molecule has 0 atom stereocenters. The quantitative estimate of drug-likeness (QED) is 0.659. The first-order chi connectivity index (χ1) is 8.27. The van der Waals surface area contributed by atoms with Crippen LogP contribution in [0.25, 0.3) is 0 Å². The van der Waals surface area contributed by atoms with Gasteiger partial charge in [-0.15, -0.1) is 11.3 Å². The fourth-order valence-electron chi connectivity index (χ4n) is 1.28. The molecule has 0 spiro atoms. The number of ketones is 1. The third-order valence-electron chi connectivity index (χ3n) is 2.15. The number of rotatable bonds is 4. The highest BCUT2D eigenvalue weighted by molar-refractivity contribution is 7.13. The normalized spacial score (nSPS) is 9.88. The van der Waals surface area contributed by atoms with Crippen LogP contribution >= 0.6 is 11.3 Å². The van der Waals surface area contributed by atoms with E-state index in [2.05, 4.69) is 10.3 Å². The molecule has 0 aliphatic heterocycles. The first-order valence-electron chi connectivity index (χ1n) is 5.02. The van der Waals surface area contributed by atoms with Crippen molar-refractivity contribution in [3.63, 3.8) is 0 Å². The molecule has 5 heteroatoms. The molecule has 0 fully saturated rings. The summed E-state index contributed by atoms with van der Waals surface area (Å²) >= 11 is 1.26. The number of aromatic nitrogens is 1. The average molecular weight is 246 g/mol. The van der Waals surface area contributed by atoms with Crippen LogP contribution in [-0.4, -0.2) is 16.7 Å². The minimum Gasteiger partial charge on any atom is -0.345 e. The summed E-state index contributed by atoms with van der Waals surface area (Å²) in [6, 6.07) is 6.96. The average Bonchev–Trinajstić information content (AvgIpc) is 2.90. The summed E-state index contributed by atoms with van der Waals surface area (Å²) in [5.41, 5.74) is 0.910. The highest BCUT2D eigenvalue weighted by atomic mass is 32.1. The standard InChI is InChI=1S/C12H10N2O2S/c15-11(10-2-1-7-17-10)12(16)14-8-9-3-5-13-6-4-9/h1-7H,8H2,(H,14,16). The van der Waals surface area contributed by atoms with Crippen LogP contribution in [0, 0.1) is 0 Å². The van der Waals surface area contributed by atoms with E-state index >= 15 is 0 Å². The fourth-order valence-corrected chi connectivity index (χ4v) is 1.94. The van der Waals surface area contributed by atoms with Crippen molar-refractivity contribution in [2.45, 2.75) is 6.54 Å². The number of amides is 1. The summed E-state index contributed by atoms with van der Waals surface area (Å²) in [5.74, 6) is -1.07. The SMILES string of the molecule is O=C(NCc1ccncc1)C(=O)c1cccs1. The maximum absolute atomic E-state index is 11.6. The lowest BCUT2D eigenvalue weighted by Crippen LogP contribution is -2.30. The van der Waals surface area contributed by atoms with Gasteiger partial charge < -0.3 is 5.32 Å². The monoisotopic (exact) mass is 246 g/mol. The molecule has 2 rings (SSSR count). The second kappa shape index (κ2) is 5.36. The number of nitrogens with one attached hydrogen (secondary N) is 1. The fraction of sp³-hybridized carbons (Fsp3) is 0.0833. The molecular formula is C12H10N2O2S. The third-order valence-corrected chi connectivity index (χ3v) is 3.02. The summed E-state index contributed by atoms with van der Waals surface area (Å²) in [4.78, 5) is 27.5. The molecule has 2 aromatic rings. The predicted octanol–water partition coefficient (Wildman–Crippen LogP) is 1.64. The van der Waals surface area contributed by atoms with Gasteiger partial charge in [0.1, 0.15) is 0 Å². The minimum absolute atomic E-state index is 0.332. The zero-order valence-electron chi connectivity index (χ0n) is 8.92. The molecular weight excluding hydrogens is 236 g/mol. The van der Waals surface area contributed by atoms with Crippen molar-refractivity contribution in [3.8, 4) is 0 Å². The molecule has 0 bridgehead atoms. The summed E-state index contributed by atoms with van der Waals surface area (Å²) in [6.07, 6.45) is 3.28. The highest BCUT2D eigenvalue weighted by Crippen LogP contribution is 2.09. The smallest absolute Gasteiger partial charge is 0.293 e. The van der Waals surface area contributed by atoms with Gasteiger partial charge in [0, 0.05) is 18.9 Å². The van der Waals surface area contributed by atoms with E-state index in [0.717, 1.165) is 5.56 Å². The Balaban J connectivity index is 1.92. The van der Waals surface area contributed by atoms with Crippen LogP contribution < -0.4 is 5.32 Å². The number of hydrogen-bond donors (Lipinski definition) is 1. The van der Waals surface area contributed by atoms with E-state index in [0.29, 0.717) is 11.4 Å². The molecule has 1 N–H and O–H groups in total. The Morgan fingerprint density at radius 3 is 2.65 bits per heavy atom. The number of thiophene rings is 1. The molecule has 0 aliphatic rings. The first kappa shape index (κ1) is 11.5. The molecule has 2 heterocycles. The molecule has 86 valence electrons. The van der Waals surface area contributed by atoms with Gasteiger partial charge >= 0.3 is 0 Å². The van der Waals surface area contributed by atoms with E-state index in [1.165, 1.54) is 11.3 Å². The lowest BCUT2D eigenvalue weighted by Gasteiger charge is -2.02. The van der Waals surface area contributed by atoms with Gasteiger partial charge in [-0.25, -0.2) is 0 Å². The van der Waals surface area contributed by atoms with Crippen LogP contribution in [0.3, 0.4) is 0 Å². The molecule has 2 aromatic heterocycles. The van der Waals surface area contributed by atoms with Crippen molar-refractivity contribution < 1.29 is 9.59 Å². The van der Waals surface area contributed by atoms with Crippen molar-refractivity contribution >= 4 is 23.0 Å². The van der Waals surface area contributed by atoms with E-state index in [1.54, 1.807) is 42.0 Å². The largest absolute Gasteiger partial charge is 0.345 e. The van der Waals surface area contributed by atoms with E-state index < -0.39 is 11.7 Å². The van der Waals surface area contributed by atoms with Crippen molar-refractivity contribution in [1.29, 1.82) is 0 Å². The van der Waals surface area contributed by atoms with Gasteiger partial charge in [-0.2, -0.15) is 0 Å². The molecule has 0 radical (unpaired) electrons. The van der Waals surface area contributed by atoms with E-state index in [4.69, 9.17) is 0 Å². The van der Waals surface area contributed by atoms with Crippen LogP contribution in [0.5, 0.6) is 0 Å². The molecule has 4 nitrogen and oxygen atoms in total. The number of pyridine rings is 1. The lowest BCUT2D eigenvalue weighted by atomic mass is 10.2. The second-order valence-electron chi connectivity index (χ2n) is 3.34. The van der Waals surface area contributed by atoms with Crippen LogP contribution in [0.2, 0.25) is 0 Å². The molecule has 0 aliphatic carbocycles. The van der Waals surface area contributed by atoms with E-state index in [1.807, 2.05) is 0 Å². The Morgan fingerprint density at radius 1 is 1.24 bits per heavy atom. The molecule has 0 unspecified atom stereocenters. The summed E-state index contributed by atoms with van der Waals surface area (Å²) in [7, 11) is 0. The summed E-state index contributed by atoms with van der Waals surface area (Å²) in [5, 5.41) is 4.34. The minimum atomic E-state index is -0.579. The van der Waals surface area contributed by atoms with Gasteiger partial charge in [0.25, 0.3) is 11.7 Å². The number of Topliss-reactive ketones (excluding diaryl/α,β-unsaturated/α-hetero) is 1. The third kappa shape index (κ3) is 2.98. The van der Waals surface area contributed by atoms with Crippen LogP contribution in [0.1, 0.15) is 15.2 Å². The highest BCUT2D eigenvalue weighted by Gasteiger charge is 2.16. The predicted molar refractivity (Wildman–Crippen MR) is 64.7 cm³/mol. The number of hydrogen-bond acceptors (Lipinski definition) is 4. The van der Waals surface area contributed by atoms with E-state index in [-0.39, 0.29) is 0 Å². The maximum atomic E-state index is 11.6. The number of nitrogens with zero attached hydrogens (tertiary/aromatic N) is 1. The van der Waals surface area contributed by atoms with Gasteiger partial charge in [-0.05, 0) is 29.1 Å². The van der Waals surface area contributed by atoms with Crippen LogP contribution in [0.15, 0.2) is 42.0 Å². The molecule has 0 saturated heterocycles. The zero-order valence-corrected chi connectivity index (χ0v) is 9.74. The lowest BCUT2D eigenvalue weighted by molar-refractivity contribution is -0.117. The molecule has 1 amide bonds. The summed E-state index contributed by atoms with van der Waals surface area (Å²) in [6.45, 7) is 0.332. The van der Waals surface area contributed by atoms with Crippen molar-refractivity contribution in [3.05, 3.63) is 52.5 Å². The van der Waals surface area contributed by atoms with Crippen molar-refractivity contribution in [1.82, 2.24) is 10.3 Å².